The lowest BCUT2D eigenvalue weighted by atomic mass is 10.1. The summed E-state index contributed by atoms with van der Waals surface area (Å²) >= 11 is 7.42. The maximum absolute atomic E-state index is 13.0. The van der Waals surface area contributed by atoms with Gasteiger partial charge in [0.15, 0.2) is 5.17 Å². The molecule has 41 heavy (non-hydrogen) atoms. The first-order valence-electron chi connectivity index (χ1n) is 13.5. The minimum Gasteiger partial charge on any atom is -0.489 e. The highest BCUT2D eigenvalue weighted by Crippen LogP contribution is 2.35. The van der Waals surface area contributed by atoms with Gasteiger partial charge in [0.1, 0.15) is 18.1 Å². The van der Waals surface area contributed by atoms with Crippen LogP contribution < -0.4 is 4.74 Å². The van der Waals surface area contributed by atoms with Gasteiger partial charge >= 0.3 is 0 Å². The fraction of sp³-hybridized carbons (Fsp3) is 0.219. The number of hydrogen-bond donors (Lipinski definition) is 0. The first-order chi connectivity index (χ1) is 19.9. The number of carbonyl (C=O) groups excluding carboxylic acids is 1. The largest absolute Gasteiger partial charge is 0.489 e. The van der Waals surface area contributed by atoms with Crippen LogP contribution in [0.25, 0.3) is 23.0 Å². The Morgan fingerprint density at radius 1 is 1.02 bits per heavy atom. The maximum Gasteiger partial charge on any atom is 0.286 e. The number of nitrogens with zero attached hydrogens (tertiary/aromatic N) is 4. The number of amidine groups is 1. The quantitative estimate of drug-likeness (QED) is 0.231. The van der Waals surface area contributed by atoms with Gasteiger partial charge in [0, 0.05) is 35.4 Å². The Balaban J connectivity index is 1.30. The summed E-state index contributed by atoms with van der Waals surface area (Å²) in [5.74, 6) is 0.480. The molecular formula is C32H29ClN4O3S. The summed E-state index contributed by atoms with van der Waals surface area (Å²) in [6.07, 6.45) is 3.99. The molecule has 4 aromatic rings. The Labute approximate surface area is 248 Å². The molecule has 2 unspecified atom stereocenters. The topological polar surface area (TPSA) is 69.0 Å². The molecule has 3 aromatic carbocycles. The van der Waals surface area contributed by atoms with Gasteiger partial charge < -0.3 is 14.4 Å². The van der Waals surface area contributed by atoms with Crippen LogP contribution in [0, 0.1) is 0 Å². The summed E-state index contributed by atoms with van der Waals surface area (Å²) < 4.78 is 13.8. The van der Waals surface area contributed by atoms with Crippen molar-refractivity contribution in [3.63, 3.8) is 0 Å². The van der Waals surface area contributed by atoms with Crippen LogP contribution >= 0.6 is 23.4 Å². The molecule has 3 heterocycles. The van der Waals surface area contributed by atoms with E-state index in [0.717, 1.165) is 39.0 Å². The van der Waals surface area contributed by atoms with Gasteiger partial charge in [-0.3, -0.25) is 4.79 Å². The third-order valence-electron chi connectivity index (χ3n) is 6.78. The molecule has 2 atom stereocenters. The Kier molecular flexibility index (Phi) is 7.96. The van der Waals surface area contributed by atoms with E-state index in [1.807, 2.05) is 110 Å². The Hall–Kier alpha value is -3.85. The van der Waals surface area contributed by atoms with E-state index >= 15 is 0 Å². The van der Waals surface area contributed by atoms with Crippen molar-refractivity contribution in [3.8, 4) is 22.7 Å². The van der Waals surface area contributed by atoms with Crippen molar-refractivity contribution in [1.29, 1.82) is 0 Å². The van der Waals surface area contributed by atoms with Crippen LogP contribution in [0.15, 0.2) is 95.0 Å². The number of thioether (sulfide) groups is 1. The van der Waals surface area contributed by atoms with Crippen LogP contribution in [0.3, 0.4) is 0 Å². The second kappa shape index (κ2) is 11.9. The molecule has 1 saturated heterocycles. The standard InChI is InChI=1S/C32H29ClN4O3S/c1-21-17-36(18-22(2)40-21)32-34-31(38)29(41-32)16-25-19-37(27-8-4-3-5-9-27)35-30(25)24-7-6-10-28(15-24)39-20-23-11-13-26(33)14-12-23/h3-16,19,21-22H,17-18,20H2,1-2H3. The number of benzene rings is 3. The number of para-hydroxylation sites is 1. The molecule has 0 aliphatic carbocycles. The molecule has 2 aliphatic heterocycles. The summed E-state index contributed by atoms with van der Waals surface area (Å²) in [6.45, 7) is 5.91. The van der Waals surface area contributed by atoms with Gasteiger partial charge in [-0.15, -0.1) is 0 Å². The Bertz CT molecular complexity index is 1610. The maximum atomic E-state index is 13.0. The highest BCUT2D eigenvalue weighted by Gasteiger charge is 2.31. The lowest BCUT2D eigenvalue weighted by Crippen LogP contribution is -2.47. The predicted molar refractivity (Wildman–Crippen MR) is 164 cm³/mol. The number of aromatic nitrogens is 2. The Morgan fingerprint density at radius 2 is 1.78 bits per heavy atom. The third-order valence-corrected chi connectivity index (χ3v) is 8.07. The van der Waals surface area contributed by atoms with Crippen molar-refractivity contribution in [2.75, 3.05) is 13.1 Å². The molecule has 1 amide bonds. The van der Waals surface area contributed by atoms with Gasteiger partial charge in [-0.05, 0) is 73.6 Å². The van der Waals surface area contributed by atoms with Gasteiger partial charge in [-0.2, -0.15) is 10.1 Å². The van der Waals surface area contributed by atoms with Crippen molar-refractivity contribution in [1.82, 2.24) is 14.7 Å². The van der Waals surface area contributed by atoms with Crippen molar-refractivity contribution < 1.29 is 14.3 Å². The van der Waals surface area contributed by atoms with Crippen molar-refractivity contribution in [3.05, 3.63) is 106 Å². The van der Waals surface area contributed by atoms with Gasteiger partial charge in [0.05, 0.1) is 22.8 Å². The molecule has 0 N–H and O–H groups in total. The minimum absolute atomic E-state index is 0.0788. The summed E-state index contributed by atoms with van der Waals surface area (Å²) in [5.41, 5.74) is 4.39. The van der Waals surface area contributed by atoms with Crippen LogP contribution in [0.2, 0.25) is 5.02 Å². The average molecular weight is 585 g/mol. The summed E-state index contributed by atoms with van der Waals surface area (Å²) in [7, 11) is 0. The van der Waals surface area contributed by atoms with Crippen molar-refractivity contribution in [2.45, 2.75) is 32.7 Å². The number of amides is 1. The van der Waals surface area contributed by atoms with Gasteiger partial charge in [-0.1, -0.05) is 54.1 Å². The molecule has 1 fully saturated rings. The molecule has 2 aliphatic rings. The van der Waals surface area contributed by atoms with Crippen LogP contribution in [0.4, 0.5) is 0 Å². The number of ether oxygens (including phenoxy) is 2. The van der Waals surface area contributed by atoms with Gasteiger partial charge in [0.2, 0.25) is 0 Å². The second-order valence-electron chi connectivity index (χ2n) is 10.1. The van der Waals surface area contributed by atoms with Crippen LogP contribution in [-0.2, 0) is 16.1 Å². The molecule has 0 spiro atoms. The van der Waals surface area contributed by atoms with E-state index in [9.17, 15) is 4.79 Å². The van der Waals surface area contributed by atoms with Crippen LogP contribution in [0.5, 0.6) is 5.75 Å². The first kappa shape index (κ1) is 27.3. The van der Waals surface area contributed by atoms with E-state index < -0.39 is 0 Å². The smallest absolute Gasteiger partial charge is 0.286 e. The van der Waals surface area contributed by atoms with E-state index in [2.05, 4.69) is 9.89 Å². The fourth-order valence-electron chi connectivity index (χ4n) is 4.92. The summed E-state index contributed by atoms with van der Waals surface area (Å²) in [4.78, 5) is 20.1. The number of aliphatic imine (C=N–C) groups is 1. The highest BCUT2D eigenvalue weighted by molar-refractivity contribution is 8.18. The normalized spacial score (nSPS) is 20.0. The zero-order valence-electron chi connectivity index (χ0n) is 22.7. The molecule has 0 saturated carbocycles. The second-order valence-corrected chi connectivity index (χ2v) is 11.6. The van der Waals surface area contributed by atoms with Gasteiger partial charge in [-0.25, -0.2) is 4.68 Å². The molecule has 6 rings (SSSR count). The number of halogens is 1. The first-order valence-corrected chi connectivity index (χ1v) is 14.7. The molecule has 0 radical (unpaired) electrons. The minimum atomic E-state index is -0.241. The van der Waals surface area contributed by atoms with E-state index in [-0.39, 0.29) is 18.1 Å². The van der Waals surface area contributed by atoms with Crippen molar-refractivity contribution in [2.24, 2.45) is 4.99 Å². The van der Waals surface area contributed by atoms with Crippen LogP contribution in [-0.4, -0.2) is 51.1 Å². The lowest BCUT2D eigenvalue weighted by Gasteiger charge is -2.35. The highest BCUT2D eigenvalue weighted by atomic mass is 35.5. The third kappa shape index (κ3) is 6.40. The molecule has 208 valence electrons. The van der Waals surface area contributed by atoms with E-state index in [1.54, 1.807) is 0 Å². The molecule has 7 nitrogen and oxygen atoms in total. The summed E-state index contributed by atoms with van der Waals surface area (Å²) in [5, 5.41) is 6.34. The van der Waals surface area contributed by atoms with Crippen LogP contribution in [0.1, 0.15) is 25.0 Å². The number of carbonyl (C=O) groups is 1. The number of hydrogen-bond acceptors (Lipinski definition) is 6. The molecule has 1 aromatic heterocycles. The average Bonchev–Trinajstić information content (AvgIpc) is 3.56. The predicted octanol–water partition coefficient (Wildman–Crippen LogP) is 6.85. The fourth-order valence-corrected chi connectivity index (χ4v) is 5.97. The zero-order valence-corrected chi connectivity index (χ0v) is 24.3. The van der Waals surface area contributed by atoms with E-state index in [1.165, 1.54) is 11.8 Å². The Morgan fingerprint density at radius 3 is 2.54 bits per heavy atom. The van der Waals surface area contributed by atoms with E-state index in [0.29, 0.717) is 29.6 Å². The molecule has 9 heteroatoms. The zero-order chi connectivity index (χ0) is 28.3. The summed E-state index contributed by atoms with van der Waals surface area (Å²) in [6, 6.07) is 25.3. The number of morpholine rings is 1. The van der Waals surface area contributed by atoms with E-state index in [4.69, 9.17) is 26.2 Å². The van der Waals surface area contributed by atoms with Gasteiger partial charge in [0.25, 0.3) is 5.91 Å². The molecular weight excluding hydrogens is 556 g/mol. The van der Waals surface area contributed by atoms with Crippen molar-refractivity contribution >= 4 is 40.5 Å². The molecule has 0 bridgehead atoms. The lowest BCUT2D eigenvalue weighted by molar-refractivity contribution is -0.113. The number of rotatable bonds is 6. The monoisotopic (exact) mass is 584 g/mol. The SMILES string of the molecule is CC1CN(C2=NC(=O)C(=Cc3cn(-c4ccccc4)nc3-c3cccc(OCc4ccc(Cl)cc4)c3)S2)CC(C)O1.